The Labute approximate surface area is 298 Å². The number of rotatable bonds is 37. The standard InChI is InChI=1S/C44H78O4/c1-3-5-7-9-11-13-15-16-17-18-19-20-21-22-24-26-28-33-37-41-44(47)48-42(39-35-31-29-32-36-40-43(45)46)38-34-30-27-25-23-14-12-10-8-6-4-2/h11,13,16-17,19-20,22,24,42H,3-10,12,14-15,18,21,23,25-41H2,1-2H3,(H,45,46)/b13-11-,17-16-,20-19-,24-22-. The lowest BCUT2D eigenvalue weighted by Crippen LogP contribution is -2.18. The molecule has 1 atom stereocenters. The molecule has 0 aliphatic carbocycles. The molecule has 4 heteroatoms. The van der Waals surface area contributed by atoms with Gasteiger partial charge >= 0.3 is 11.9 Å². The van der Waals surface area contributed by atoms with Gasteiger partial charge in [-0.1, -0.05) is 165 Å². The van der Waals surface area contributed by atoms with Gasteiger partial charge in [-0.3, -0.25) is 9.59 Å². The normalized spacial score (nSPS) is 12.7. The van der Waals surface area contributed by atoms with Gasteiger partial charge in [0.15, 0.2) is 0 Å². The number of unbranched alkanes of at least 4 members (excludes halogenated alkanes) is 20. The second-order valence-corrected chi connectivity index (χ2v) is 13.8. The molecule has 0 aromatic carbocycles. The summed E-state index contributed by atoms with van der Waals surface area (Å²) in [6, 6.07) is 0. The minimum Gasteiger partial charge on any atom is -0.481 e. The Bertz CT molecular complexity index is 809. The molecular weight excluding hydrogens is 592 g/mol. The van der Waals surface area contributed by atoms with Crippen LogP contribution in [-0.4, -0.2) is 23.1 Å². The molecule has 0 bridgehead atoms. The van der Waals surface area contributed by atoms with Crippen LogP contribution < -0.4 is 0 Å². The second kappa shape index (κ2) is 39.3. The first-order chi connectivity index (χ1) is 23.6. The fourth-order valence-corrected chi connectivity index (χ4v) is 5.99. The van der Waals surface area contributed by atoms with Crippen molar-refractivity contribution in [2.75, 3.05) is 0 Å². The SMILES string of the molecule is CCCCC/C=C\C/C=C\C/C=C\C/C=C\CCCCCC(=O)OC(CCCCCCCCCCCCC)CCCCCCCC(=O)O. The van der Waals surface area contributed by atoms with Gasteiger partial charge in [0.2, 0.25) is 0 Å². The predicted molar refractivity (Wildman–Crippen MR) is 209 cm³/mol. The van der Waals surface area contributed by atoms with E-state index >= 15 is 0 Å². The van der Waals surface area contributed by atoms with Crippen molar-refractivity contribution >= 4 is 11.9 Å². The smallest absolute Gasteiger partial charge is 0.306 e. The summed E-state index contributed by atoms with van der Waals surface area (Å²) >= 11 is 0. The molecule has 278 valence electrons. The van der Waals surface area contributed by atoms with Crippen molar-refractivity contribution in [3.63, 3.8) is 0 Å². The number of esters is 1. The Morgan fingerprint density at radius 3 is 1.29 bits per heavy atom. The molecule has 0 heterocycles. The molecule has 0 aromatic rings. The van der Waals surface area contributed by atoms with E-state index in [1.807, 2.05) is 0 Å². The predicted octanol–water partition coefficient (Wildman–Crippen LogP) is 14.3. The van der Waals surface area contributed by atoms with Crippen LogP contribution in [0, 0.1) is 0 Å². The second-order valence-electron chi connectivity index (χ2n) is 13.8. The Kier molecular flexibility index (Phi) is 37.6. The number of ether oxygens (including phenoxy) is 1. The summed E-state index contributed by atoms with van der Waals surface area (Å²) in [4.78, 5) is 23.4. The van der Waals surface area contributed by atoms with Gasteiger partial charge in [0.1, 0.15) is 6.10 Å². The number of carboxylic acid groups (broad SMARTS) is 1. The van der Waals surface area contributed by atoms with Crippen molar-refractivity contribution in [3.8, 4) is 0 Å². The zero-order valence-corrected chi connectivity index (χ0v) is 31.8. The van der Waals surface area contributed by atoms with Gasteiger partial charge in [-0.15, -0.1) is 0 Å². The lowest BCUT2D eigenvalue weighted by Gasteiger charge is -2.18. The lowest BCUT2D eigenvalue weighted by atomic mass is 10.0. The Balaban J connectivity index is 4.08. The third-order valence-electron chi connectivity index (χ3n) is 9.05. The van der Waals surface area contributed by atoms with Crippen LogP contribution in [0.3, 0.4) is 0 Å². The fourth-order valence-electron chi connectivity index (χ4n) is 5.99. The maximum absolute atomic E-state index is 12.7. The fraction of sp³-hybridized carbons (Fsp3) is 0.773. The molecule has 0 saturated carbocycles. The van der Waals surface area contributed by atoms with Gasteiger partial charge in [-0.2, -0.15) is 0 Å². The minimum absolute atomic E-state index is 0.0257. The van der Waals surface area contributed by atoms with E-state index < -0.39 is 5.97 Å². The molecule has 0 amide bonds. The van der Waals surface area contributed by atoms with Crippen molar-refractivity contribution in [1.82, 2.24) is 0 Å². The van der Waals surface area contributed by atoms with E-state index in [1.165, 1.54) is 89.9 Å². The van der Waals surface area contributed by atoms with Crippen LogP contribution in [0.25, 0.3) is 0 Å². The highest BCUT2D eigenvalue weighted by molar-refractivity contribution is 5.69. The molecule has 48 heavy (non-hydrogen) atoms. The van der Waals surface area contributed by atoms with Gasteiger partial charge in [-0.05, 0) is 83.5 Å². The highest BCUT2D eigenvalue weighted by Gasteiger charge is 2.14. The summed E-state index contributed by atoms with van der Waals surface area (Å²) in [6.45, 7) is 4.52. The van der Waals surface area contributed by atoms with Crippen LogP contribution in [0.2, 0.25) is 0 Å². The summed E-state index contributed by atoms with van der Waals surface area (Å²) in [7, 11) is 0. The van der Waals surface area contributed by atoms with E-state index in [1.54, 1.807) is 0 Å². The van der Waals surface area contributed by atoms with E-state index in [0.29, 0.717) is 6.42 Å². The number of carbonyl (C=O) groups is 2. The summed E-state index contributed by atoms with van der Waals surface area (Å²) in [5.74, 6) is -0.730. The summed E-state index contributed by atoms with van der Waals surface area (Å²) in [6.07, 6.45) is 52.7. The molecule has 0 aliphatic rings. The number of aliphatic carboxylic acids is 1. The molecule has 1 N–H and O–H groups in total. The van der Waals surface area contributed by atoms with Crippen LogP contribution in [0.15, 0.2) is 48.6 Å². The topological polar surface area (TPSA) is 63.6 Å². The monoisotopic (exact) mass is 671 g/mol. The van der Waals surface area contributed by atoms with Gasteiger partial charge in [0, 0.05) is 12.8 Å². The van der Waals surface area contributed by atoms with Crippen molar-refractivity contribution in [3.05, 3.63) is 48.6 Å². The van der Waals surface area contributed by atoms with E-state index in [-0.39, 0.29) is 18.5 Å². The summed E-state index contributed by atoms with van der Waals surface area (Å²) in [5, 5.41) is 8.82. The van der Waals surface area contributed by atoms with Crippen LogP contribution in [-0.2, 0) is 14.3 Å². The first-order valence-corrected chi connectivity index (χ1v) is 20.6. The number of carbonyl (C=O) groups excluding carboxylic acids is 1. The Morgan fingerprint density at radius 1 is 0.458 bits per heavy atom. The third-order valence-corrected chi connectivity index (χ3v) is 9.05. The molecule has 0 radical (unpaired) electrons. The van der Waals surface area contributed by atoms with E-state index in [2.05, 4.69) is 62.5 Å². The number of carboxylic acids is 1. The molecule has 0 spiro atoms. The van der Waals surface area contributed by atoms with Crippen LogP contribution in [0.4, 0.5) is 0 Å². The molecule has 0 fully saturated rings. The first-order valence-electron chi connectivity index (χ1n) is 20.6. The Hall–Kier alpha value is -2.10. The summed E-state index contributed by atoms with van der Waals surface area (Å²) in [5.41, 5.74) is 0. The van der Waals surface area contributed by atoms with Crippen LogP contribution in [0.1, 0.15) is 213 Å². The maximum atomic E-state index is 12.7. The minimum atomic E-state index is -0.704. The largest absolute Gasteiger partial charge is 0.481 e. The number of allylic oxidation sites excluding steroid dienone is 8. The molecule has 0 aliphatic heterocycles. The quantitative estimate of drug-likeness (QED) is 0.0406. The zero-order chi connectivity index (χ0) is 35.0. The van der Waals surface area contributed by atoms with Gasteiger partial charge in [0.05, 0.1) is 0 Å². The Morgan fingerprint density at radius 2 is 0.812 bits per heavy atom. The van der Waals surface area contributed by atoms with E-state index in [0.717, 1.165) is 96.3 Å². The van der Waals surface area contributed by atoms with Crippen molar-refractivity contribution < 1.29 is 19.4 Å². The average molecular weight is 671 g/mol. The average Bonchev–Trinajstić information content (AvgIpc) is 3.07. The van der Waals surface area contributed by atoms with E-state index in [9.17, 15) is 9.59 Å². The molecule has 4 nitrogen and oxygen atoms in total. The van der Waals surface area contributed by atoms with Crippen molar-refractivity contribution in [2.24, 2.45) is 0 Å². The molecule has 1 unspecified atom stereocenters. The van der Waals surface area contributed by atoms with Gasteiger partial charge < -0.3 is 9.84 Å². The molecule has 0 rings (SSSR count). The maximum Gasteiger partial charge on any atom is 0.306 e. The number of hydrogen-bond donors (Lipinski definition) is 1. The zero-order valence-electron chi connectivity index (χ0n) is 31.8. The first kappa shape index (κ1) is 45.9. The van der Waals surface area contributed by atoms with Crippen molar-refractivity contribution in [1.29, 1.82) is 0 Å². The van der Waals surface area contributed by atoms with Crippen LogP contribution in [0.5, 0.6) is 0 Å². The van der Waals surface area contributed by atoms with Crippen LogP contribution >= 0.6 is 0 Å². The van der Waals surface area contributed by atoms with Gasteiger partial charge in [-0.25, -0.2) is 0 Å². The molecule has 0 aromatic heterocycles. The van der Waals surface area contributed by atoms with Gasteiger partial charge in [0.25, 0.3) is 0 Å². The highest BCUT2D eigenvalue weighted by Crippen LogP contribution is 2.19. The summed E-state index contributed by atoms with van der Waals surface area (Å²) < 4.78 is 5.99. The molecular formula is C44H78O4. The van der Waals surface area contributed by atoms with Crippen molar-refractivity contribution in [2.45, 2.75) is 219 Å². The lowest BCUT2D eigenvalue weighted by molar-refractivity contribution is -0.150. The number of hydrogen-bond acceptors (Lipinski definition) is 3. The molecule has 0 saturated heterocycles. The highest BCUT2D eigenvalue weighted by atomic mass is 16.5. The van der Waals surface area contributed by atoms with E-state index in [4.69, 9.17) is 9.84 Å². The third kappa shape index (κ3) is 38.3.